The molecular formula is C18H26N4O. The fourth-order valence-electron chi connectivity index (χ4n) is 3.60. The van der Waals surface area contributed by atoms with E-state index in [9.17, 15) is 4.79 Å². The van der Waals surface area contributed by atoms with Crippen molar-refractivity contribution < 1.29 is 4.79 Å². The Hall–Kier alpha value is -1.88. The highest BCUT2D eigenvalue weighted by atomic mass is 16.1. The van der Waals surface area contributed by atoms with Gasteiger partial charge in [-0.3, -0.25) is 9.30 Å². The van der Waals surface area contributed by atoms with Crippen LogP contribution in [0.3, 0.4) is 0 Å². The average Bonchev–Trinajstić information content (AvgIpc) is 2.93. The highest BCUT2D eigenvalue weighted by molar-refractivity contribution is 5.57. The molecule has 124 valence electrons. The smallest absolute Gasteiger partial charge is 0.138 e. The Morgan fingerprint density at radius 3 is 2.65 bits per heavy atom. The van der Waals surface area contributed by atoms with E-state index in [-0.39, 0.29) is 0 Å². The maximum atomic E-state index is 10.6. The normalized spacial score (nSPS) is 16.8. The molecule has 0 amide bonds. The summed E-state index contributed by atoms with van der Waals surface area (Å²) in [5.41, 5.74) is 3.55. The van der Waals surface area contributed by atoms with Gasteiger partial charge in [0.1, 0.15) is 17.8 Å². The Bertz CT molecular complexity index is 684. The number of likely N-dealkylation sites (tertiary alicyclic amines) is 1. The molecule has 0 unspecified atom stereocenters. The molecule has 23 heavy (non-hydrogen) atoms. The summed E-state index contributed by atoms with van der Waals surface area (Å²) in [6.45, 7) is 4.73. The molecule has 3 rings (SSSR count). The van der Waals surface area contributed by atoms with Crippen molar-refractivity contribution in [1.29, 1.82) is 0 Å². The van der Waals surface area contributed by atoms with Crippen LogP contribution >= 0.6 is 0 Å². The summed E-state index contributed by atoms with van der Waals surface area (Å²) in [6.07, 6.45) is 6.44. The molecule has 0 N–H and O–H groups in total. The van der Waals surface area contributed by atoms with E-state index in [1.54, 1.807) is 0 Å². The summed E-state index contributed by atoms with van der Waals surface area (Å²) in [5.74, 6) is 1.76. The summed E-state index contributed by atoms with van der Waals surface area (Å²) in [7, 11) is 4.15. The third kappa shape index (κ3) is 3.11. The van der Waals surface area contributed by atoms with Crippen LogP contribution in [0.2, 0.25) is 0 Å². The summed E-state index contributed by atoms with van der Waals surface area (Å²) in [5, 5.41) is 0. The summed E-state index contributed by atoms with van der Waals surface area (Å²) >= 11 is 0. The lowest BCUT2D eigenvalue weighted by atomic mass is 9.90. The number of aromatic nitrogens is 2. The zero-order valence-corrected chi connectivity index (χ0v) is 14.3. The molecule has 5 nitrogen and oxygen atoms in total. The fraction of sp³-hybridized carbons (Fsp3) is 0.556. The first kappa shape index (κ1) is 16.0. The van der Waals surface area contributed by atoms with Crippen LogP contribution in [0.5, 0.6) is 0 Å². The second-order valence-corrected chi connectivity index (χ2v) is 6.56. The minimum absolute atomic E-state index is 0.567. The Labute approximate surface area is 137 Å². The van der Waals surface area contributed by atoms with E-state index in [0.717, 1.165) is 50.0 Å². The number of carbonyl (C=O) groups is 1. The van der Waals surface area contributed by atoms with Crippen LogP contribution in [0, 0.1) is 0 Å². The largest absolute Gasteiger partial charge is 0.362 e. The molecule has 0 atom stereocenters. The number of aryl methyl sites for hydroxylation is 1. The van der Waals surface area contributed by atoms with Crippen LogP contribution in [-0.2, 0) is 11.2 Å². The van der Waals surface area contributed by atoms with Gasteiger partial charge in [0, 0.05) is 20.3 Å². The van der Waals surface area contributed by atoms with Crippen LogP contribution in [-0.4, -0.2) is 54.3 Å². The molecule has 0 aliphatic carbocycles. The standard InChI is InChI=1S/C18H26N4O/c1-4-16-18(20(2)3)22-13-15(5-6-17(22)19-16)14-7-9-21(10-8-14)11-12-23/h5-6,12-14H,4,7-11H2,1-3H3. The number of anilines is 1. The lowest BCUT2D eigenvalue weighted by molar-refractivity contribution is -0.109. The van der Waals surface area contributed by atoms with E-state index in [2.05, 4.69) is 53.5 Å². The quantitative estimate of drug-likeness (QED) is 0.794. The Balaban J connectivity index is 1.88. The average molecular weight is 314 g/mol. The molecule has 1 saturated heterocycles. The van der Waals surface area contributed by atoms with Gasteiger partial charge in [0.2, 0.25) is 0 Å². The lowest BCUT2D eigenvalue weighted by Gasteiger charge is -2.30. The Morgan fingerprint density at radius 2 is 2.04 bits per heavy atom. The molecule has 1 aliphatic heterocycles. The number of aldehydes is 1. The number of piperidine rings is 1. The topological polar surface area (TPSA) is 40.9 Å². The molecule has 2 aromatic heterocycles. The fourth-order valence-corrected chi connectivity index (χ4v) is 3.60. The van der Waals surface area contributed by atoms with Crippen LogP contribution in [0.25, 0.3) is 5.65 Å². The van der Waals surface area contributed by atoms with Crippen molar-refractivity contribution in [1.82, 2.24) is 14.3 Å². The van der Waals surface area contributed by atoms with Crippen molar-refractivity contribution in [2.24, 2.45) is 0 Å². The number of fused-ring (bicyclic) bond motifs is 1. The van der Waals surface area contributed by atoms with Crippen molar-refractivity contribution in [3.63, 3.8) is 0 Å². The zero-order valence-electron chi connectivity index (χ0n) is 14.3. The van der Waals surface area contributed by atoms with Gasteiger partial charge in [0.05, 0.1) is 12.2 Å². The Kier molecular flexibility index (Phi) is 4.66. The van der Waals surface area contributed by atoms with E-state index >= 15 is 0 Å². The van der Waals surface area contributed by atoms with Crippen molar-refractivity contribution in [3.05, 3.63) is 29.6 Å². The number of nitrogens with zero attached hydrogens (tertiary/aromatic N) is 4. The third-order valence-electron chi connectivity index (χ3n) is 4.84. The maximum absolute atomic E-state index is 10.6. The molecule has 0 saturated carbocycles. The van der Waals surface area contributed by atoms with Gasteiger partial charge in [0.15, 0.2) is 0 Å². The van der Waals surface area contributed by atoms with Crippen LogP contribution in [0.4, 0.5) is 5.82 Å². The summed E-state index contributed by atoms with van der Waals surface area (Å²) < 4.78 is 2.23. The highest BCUT2D eigenvalue weighted by Crippen LogP contribution is 2.30. The molecule has 0 aromatic carbocycles. The van der Waals surface area contributed by atoms with Gasteiger partial charge in [0.25, 0.3) is 0 Å². The highest BCUT2D eigenvalue weighted by Gasteiger charge is 2.21. The second kappa shape index (κ2) is 6.71. The number of rotatable bonds is 5. The minimum Gasteiger partial charge on any atom is -0.362 e. The molecule has 3 heterocycles. The monoisotopic (exact) mass is 314 g/mol. The van der Waals surface area contributed by atoms with Crippen LogP contribution < -0.4 is 4.90 Å². The van der Waals surface area contributed by atoms with E-state index in [1.165, 1.54) is 11.4 Å². The summed E-state index contributed by atoms with van der Waals surface area (Å²) in [4.78, 5) is 19.8. The first-order chi connectivity index (χ1) is 11.1. The molecule has 0 spiro atoms. The second-order valence-electron chi connectivity index (χ2n) is 6.56. The van der Waals surface area contributed by atoms with Gasteiger partial charge >= 0.3 is 0 Å². The van der Waals surface area contributed by atoms with E-state index in [0.29, 0.717) is 12.5 Å². The van der Waals surface area contributed by atoms with Gasteiger partial charge in [-0.25, -0.2) is 4.98 Å². The van der Waals surface area contributed by atoms with E-state index in [1.807, 2.05) is 0 Å². The SMILES string of the molecule is CCc1nc2ccc(C3CCN(CC=O)CC3)cn2c1N(C)C. The van der Waals surface area contributed by atoms with Gasteiger partial charge in [-0.05, 0) is 49.9 Å². The molecule has 5 heteroatoms. The predicted molar refractivity (Wildman–Crippen MR) is 93.4 cm³/mol. The molecule has 2 aromatic rings. The molecule has 1 fully saturated rings. The van der Waals surface area contributed by atoms with E-state index in [4.69, 9.17) is 4.98 Å². The number of hydrogen-bond donors (Lipinski definition) is 0. The first-order valence-electron chi connectivity index (χ1n) is 8.48. The molecule has 0 bridgehead atoms. The molecule has 0 radical (unpaired) electrons. The number of pyridine rings is 1. The number of hydrogen-bond acceptors (Lipinski definition) is 4. The van der Waals surface area contributed by atoms with Crippen molar-refractivity contribution in [2.45, 2.75) is 32.1 Å². The van der Waals surface area contributed by atoms with Gasteiger partial charge in [-0.1, -0.05) is 13.0 Å². The van der Waals surface area contributed by atoms with Gasteiger partial charge in [-0.2, -0.15) is 0 Å². The molecular weight excluding hydrogens is 288 g/mol. The van der Waals surface area contributed by atoms with Crippen LogP contribution in [0.15, 0.2) is 18.3 Å². The predicted octanol–water partition coefficient (Wildman–Crippen LogP) is 2.34. The van der Waals surface area contributed by atoms with Crippen LogP contribution in [0.1, 0.15) is 36.9 Å². The van der Waals surface area contributed by atoms with Crippen molar-refractivity contribution in [3.8, 4) is 0 Å². The van der Waals surface area contributed by atoms with Crippen molar-refractivity contribution in [2.75, 3.05) is 38.6 Å². The van der Waals surface area contributed by atoms with Gasteiger partial charge < -0.3 is 9.69 Å². The first-order valence-corrected chi connectivity index (χ1v) is 8.48. The number of carbonyl (C=O) groups excluding carboxylic acids is 1. The summed E-state index contributed by atoms with van der Waals surface area (Å²) in [6, 6.07) is 4.36. The van der Waals surface area contributed by atoms with E-state index < -0.39 is 0 Å². The van der Waals surface area contributed by atoms with Gasteiger partial charge in [-0.15, -0.1) is 0 Å². The lowest BCUT2D eigenvalue weighted by Crippen LogP contribution is -2.34. The zero-order chi connectivity index (χ0) is 16.4. The third-order valence-corrected chi connectivity index (χ3v) is 4.84. The minimum atomic E-state index is 0.567. The van der Waals surface area contributed by atoms with Crippen molar-refractivity contribution >= 4 is 17.8 Å². The molecule has 1 aliphatic rings. The Morgan fingerprint density at radius 1 is 1.30 bits per heavy atom. The maximum Gasteiger partial charge on any atom is 0.138 e. The number of imidazole rings is 1.